The maximum atomic E-state index is 12.3. The van der Waals surface area contributed by atoms with Crippen molar-refractivity contribution in [1.82, 2.24) is 9.44 Å². The minimum Gasteiger partial charge on any atom is -0.208 e. The number of nitrogens with one attached hydrogen (secondary N) is 2. The van der Waals surface area contributed by atoms with Crippen LogP contribution in [0.1, 0.15) is 17.7 Å². The van der Waals surface area contributed by atoms with Gasteiger partial charge in [0.25, 0.3) is 0 Å². The Morgan fingerprint density at radius 1 is 1.00 bits per heavy atom. The van der Waals surface area contributed by atoms with Crippen LogP contribution in [0.2, 0.25) is 0 Å². The first-order valence-corrected chi connectivity index (χ1v) is 10.9. The molecule has 0 bridgehead atoms. The zero-order valence-corrected chi connectivity index (χ0v) is 14.5. The van der Waals surface area contributed by atoms with Crippen molar-refractivity contribution < 1.29 is 16.8 Å². The molecule has 1 heterocycles. The number of rotatable bonds is 7. The van der Waals surface area contributed by atoms with Gasteiger partial charge in [-0.2, -0.15) is 0 Å². The highest BCUT2D eigenvalue weighted by molar-refractivity contribution is 7.90. The molecule has 1 aromatic heterocycles. The zero-order valence-electron chi connectivity index (χ0n) is 12.1. The first-order valence-electron chi connectivity index (χ1n) is 7.01. The minimum atomic E-state index is -3.77. The highest BCUT2D eigenvalue weighted by atomic mass is 32.2. The summed E-state index contributed by atoms with van der Waals surface area (Å²) < 4.78 is 54.0. The third-order valence-corrected chi connectivity index (χ3v) is 7.14. The largest absolute Gasteiger partial charge is 0.240 e. The fourth-order valence-electron chi connectivity index (χ4n) is 1.96. The summed E-state index contributed by atoms with van der Waals surface area (Å²) in [6.45, 7) is 0.178. The van der Waals surface area contributed by atoms with E-state index >= 15 is 0 Å². The molecule has 0 unspecified atom stereocenters. The first-order chi connectivity index (χ1) is 10.9. The topological polar surface area (TPSA) is 92.3 Å². The van der Waals surface area contributed by atoms with Gasteiger partial charge in [-0.3, -0.25) is 0 Å². The minimum absolute atomic E-state index is 0.0304. The summed E-state index contributed by atoms with van der Waals surface area (Å²) in [4.78, 5) is 0.781. The maximum absolute atomic E-state index is 12.3. The number of hydrogen-bond acceptors (Lipinski definition) is 5. The van der Waals surface area contributed by atoms with Crippen LogP contribution in [0.15, 0.2) is 51.6 Å². The quantitative estimate of drug-likeness (QED) is 0.773. The lowest BCUT2D eigenvalue weighted by atomic mass is 10.4. The van der Waals surface area contributed by atoms with Crippen LogP contribution >= 0.6 is 11.3 Å². The van der Waals surface area contributed by atoms with Gasteiger partial charge in [0.1, 0.15) is 0 Å². The van der Waals surface area contributed by atoms with E-state index in [2.05, 4.69) is 9.44 Å². The number of sulfonamides is 2. The molecule has 0 atom stereocenters. The van der Waals surface area contributed by atoms with Gasteiger partial charge in [0.05, 0.1) is 9.79 Å². The standard InChI is InChI=1S/C14H16N2O4S3/c17-22(18,15-10-12-3-2-8-21-12)13-4-1-5-14(9-13)23(19,20)16-11-6-7-11/h1-5,8-9,11,15-16H,6-7,10H2. The summed E-state index contributed by atoms with van der Waals surface area (Å²) in [7, 11) is -7.45. The zero-order chi connectivity index (χ0) is 16.5. The monoisotopic (exact) mass is 372 g/mol. The van der Waals surface area contributed by atoms with E-state index in [0.717, 1.165) is 17.7 Å². The van der Waals surface area contributed by atoms with Crippen LogP contribution in [-0.2, 0) is 26.6 Å². The van der Waals surface area contributed by atoms with Crippen molar-refractivity contribution in [1.29, 1.82) is 0 Å². The molecule has 23 heavy (non-hydrogen) atoms. The van der Waals surface area contributed by atoms with Crippen LogP contribution in [0.4, 0.5) is 0 Å². The van der Waals surface area contributed by atoms with E-state index in [0.29, 0.717) is 0 Å². The Morgan fingerprint density at radius 2 is 1.70 bits per heavy atom. The van der Waals surface area contributed by atoms with E-state index < -0.39 is 20.0 Å². The lowest BCUT2D eigenvalue weighted by Crippen LogP contribution is -2.27. The molecule has 1 aliphatic carbocycles. The highest BCUT2D eigenvalue weighted by Gasteiger charge is 2.28. The molecule has 2 aromatic rings. The SMILES string of the molecule is O=S(=O)(NCc1cccs1)c1cccc(S(=O)(=O)NC2CC2)c1. The van der Waals surface area contributed by atoms with Crippen molar-refractivity contribution in [2.45, 2.75) is 35.2 Å². The molecule has 0 amide bonds. The molecule has 9 heteroatoms. The van der Waals surface area contributed by atoms with Gasteiger partial charge < -0.3 is 0 Å². The van der Waals surface area contributed by atoms with Crippen LogP contribution in [0, 0.1) is 0 Å². The molecule has 1 fully saturated rings. The molecular formula is C14H16N2O4S3. The van der Waals surface area contributed by atoms with Crippen molar-refractivity contribution in [3.63, 3.8) is 0 Å². The number of hydrogen-bond donors (Lipinski definition) is 2. The van der Waals surface area contributed by atoms with E-state index in [4.69, 9.17) is 0 Å². The Labute approximate surface area is 139 Å². The van der Waals surface area contributed by atoms with Gasteiger partial charge in [0.2, 0.25) is 20.0 Å². The van der Waals surface area contributed by atoms with Gasteiger partial charge in [-0.15, -0.1) is 11.3 Å². The molecule has 1 aromatic carbocycles. The smallest absolute Gasteiger partial charge is 0.208 e. The molecule has 0 spiro atoms. The third-order valence-electron chi connectivity index (χ3n) is 3.34. The maximum Gasteiger partial charge on any atom is 0.240 e. The first kappa shape index (κ1) is 16.6. The fourth-order valence-corrected chi connectivity index (χ4v) is 5.17. The predicted octanol–water partition coefficient (Wildman–Crippen LogP) is 1.67. The van der Waals surface area contributed by atoms with Gasteiger partial charge in [0, 0.05) is 17.5 Å². The summed E-state index contributed by atoms with van der Waals surface area (Å²) in [5, 5.41) is 1.86. The van der Waals surface area contributed by atoms with E-state index in [1.807, 2.05) is 17.5 Å². The van der Waals surface area contributed by atoms with Crippen molar-refractivity contribution in [2.24, 2.45) is 0 Å². The predicted molar refractivity (Wildman–Crippen MR) is 88.1 cm³/mol. The lowest BCUT2D eigenvalue weighted by Gasteiger charge is -2.09. The Balaban J connectivity index is 1.80. The molecule has 0 aliphatic heterocycles. The van der Waals surface area contributed by atoms with E-state index in [-0.39, 0.29) is 22.4 Å². The van der Waals surface area contributed by atoms with Crippen molar-refractivity contribution in [3.8, 4) is 0 Å². The summed E-state index contributed by atoms with van der Waals surface area (Å²) >= 11 is 1.45. The van der Waals surface area contributed by atoms with Gasteiger partial charge in [0.15, 0.2) is 0 Å². The van der Waals surface area contributed by atoms with Crippen molar-refractivity contribution in [3.05, 3.63) is 46.7 Å². The second kappa shape index (κ2) is 6.33. The molecule has 0 saturated heterocycles. The summed E-state index contributed by atoms with van der Waals surface area (Å²) in [6.07, 6.45) is 1.64. The molecule has 6 nitrogen and oxygen atoms in total. The average Bonchev–Trinajstić information content (AvgIpc) is 3.16. The molecular weight excluding hydrogens is 356 g/mol. The molecule has 2 N–H and O–H groups in total. The fraction of sp³-hybridized carbons (Fsp3) is 0.286. The Kier molecular flexibility index (Phi) is 4.56. The normalized spacial score (nSPS) is 15.7. The third kappa shape index (κ3) is 4.18. The van der Waals surface area contributed by atoms with Crippen LogP contribution in [-0.4, -0.2) is 22.9 Å². The van der Waals surface area contributed by atoms with Crippen molar-refractivity contribution in [2.75, 3.05) is 0 Å². The van der Waals surface area contributed by atoms with Crippen LogP contribution in [0.3, 0.4) is 0 Å². The summed E-state index contributed by atoms with van der Waals surface area (Å²) in [5.41, 5.74) is 0. The highest BCUT2D eigenvalue weighted by Crippen LogP contribution is 2.23. The van der Waals surface area contributed by atoms with E-state index in [1.165, 1.54) is 35.6 Å². The average molecular weight is 372 g/mol. The van der Waals surface area contributed by atoms with Gasteiger partial charge in [-0.25, -0.2) is 26.3 Å². The number of benzene rings is 1. The second-order valence-electron chi connectivity index (χ2n) is 5.27. The molecule has 1 aliphatic rings. The van der Waals surface area contributed by atoms with Gasteiger partial charge >= 0.3 is 0 Å². The van der Waals surface area contributed by atoms with Crippen LogP contribution in [0.25, 0.3) is 0 Å². The van der Waals surface area contributed by atoms with Gasteiger partial charge in [-0.05, 0) is 42.5 Å². The van der Waals surface area contributed by atoms with E-state index in [1.54, 1.807) is 0 Å². The number of thiophene rings is 1. The molecule has 0 radical (unpaired) electrons. The van der Waals surface area contributed by atoms with Crippen LogP contribution < -0.4 is 9.44 Å². The van der Waals surface area contributed by atoms with E-state index in [9.17, 15) is 16.8 Å². The Hall–Kier alpha value is -1.26. The van der Waals surface area contributed by atoms with Gasteiger partial charge in [-0.1, -0.05) is 12.1 Å². The summed E-state index contributed by atoms with van der Waals surface area (Å²) in [5.74, 6) is 0. The van der Waals surface area contributed by atoms with Crippen LogP contribution in [0.5, 0.6) is 0 Å². The molecule has 124 valence electrons. The molecule has 1 saturated carbocycles. The second-order valence-corrected chi connectivity index (χ2v) is 9.79. The summed E-state index contributed by atoms with van der Waals surface area (Å²) in [6, 6.07) is 9.02. The lowest BCUT2D eigenvalue weighted by molar-refractivity contribution is 0.579. The molecule has 3 rings (SSSR count). The Bertz CT molecular complexity index is 886. The van der Waals surface area contributed by atoms with Crippen molar-refractivity contribution >= 4 is 31.4 Å². The Morgan fingerprint density at radius 3 is 2.30 bits per heavy atom.